The molecule has 3 N–H and O–H groups in total. The molecule has 4 nitrogen and oxygen atoms in total. The molecule has 1 aliphatic carbocycles. The lowest BCUT2D eigenvalue weighted by Crippen LogP contribution is -2.52. The fraction of sp³-hybridized carbons (Fsp3) is 0.586. The van der Waals surface area contributed by atoms with E-state index in [0.717, 1.165) is 45.4 Å². The minimum absolute atomic E-state index is 0.111. The Morgan fingerprint density at radius 2 is 1.88 bits per heavy atom. The van der Waals surface area contributed by atoms with Gasteiger partial charge in [-0.3, -0.25) is 0 Å². The Balaban J connectivity index is 1.32. The van der Waals surface area contributed by atoms with Crippen LogP contribution in [0.1, 0.15) is 57.2 Å². The van der Waals surface area contributed by atoms with Crippen LogP contribution in [0.3, 0.4) is 0 Å². The maximum atomic E-state index is 9.98. The van der Waals surface area contributed by atoms with Crippen LogP contribution in [-0.4, -0.2) is 47.3 Å². The van der Waals surface area contributed by atoms with Crippen molar-refractivity contribution in [2.45, 2.75) is 64.8 Å². The monoisotopic (exact) mass is 450 g/mol. The van der Waals surface area contributed by atoms with Gasteiger partial charge in [-0.2, -0.15) is 0 Å². The van der Waals surface area contributed by atoms with E-state index < -0.39 is 0 Å². The van der Waals surface area contributed by atoms with Crippen molar-refractivity contribution < 1.29 is 10.2 Å². The summed E-state index contributed by atoms with van der Waals surface area (Å²) in [5.74, 6) is 2.55. The van der Waals surface area contributed by atoms with Crippen molar-refractivity contribution in [3.8, 4) is 11.5 Å². The number of nitrogens with one attached hydrogen (secondary N) is 1. The van der Waals surface area contributed by atoms with Crippen molar-refractivity contribution in [3.05, 3.63) is 59.2 Å². The molecular formula is C29H42N2O2. The highest BCUT2D eigenvalue weighted by Crippen LogP contribution is 2.40. The van der Waals surface area contributed by atoms with Crippen molar-refractivity contribution in [1.82, 2.24) is 10.2 Å². The Morgan fingerprint density at radius 1 is 1.09 bits per heavy atom. The molecule has 0 radical (unpaired) electrons. The first kappa shape index (κ1) is 24.1. The molecule has 0 aromatic heterocycles. The summed E-state index contributed by atoms with van der Waals surface area (Å²) in [5.41, 5.74) is 4.10. The predicted octanol–water partition coefficient (Wildman–Crippen LogP) is 5.12. The number of nitrogens with zero attached hydrogens (tertiary/aromatic N) is 1. The highest BCUT2D eigenvalue weighted by Gasteiger charge is 2.38. The van der Waals surface area contributed by atoms with Crippen molar-refractivity contribution >= 4 is 0 Å². The summed E-state index contributed by atoms with van der Waals surface area (Å²) in [6.45, 7) is 13.7. The Morgan fingerprint density at radius 3 is 2.61 bits per heavy atom. The Hall–Kier alpha value is -2.04. The van der Waals surface area contributed by atoms with Crippen LogP contribution >= 0.6 is 0 Å². The minimum Gasteiger partial charge on any atom is -0.508 e. The number of rotatable bonds is 7. The van der Waals surface area contributed by atoms with Crippen LogP contribution in [0.5, 0.6) is 11.5 Å². The van der Waals surface area contributed by atoms with Crippen molar-refractivity contribution in [2.24, 2.45) is 17.8 Å². The number of benzene rings is 2. The van der Waals surface area contributed by atoms with E-state index in [4.69, 9.17) is 0 Å². The van der Waals surface area contributed by atoms with Crippen LogP contribution < -0.4 is 5.32 Å². The SMILES string of the molecule is CC(C)[C@@H](CN1CC[C@@](C)(c2cccc(O)c2)[C@@H](C)C1)NCC1CCc2cc(O)ccc2C1. The average molecular weight is 451 g/mol. The van der Waals surface area contributed by atoms with Gasteiger partial charge in [0, 0.05) is 19.1 Å². The Kier molecular flexibility index (Phi) is 7.35. The summed E-state index contributed by atoms with van der Waals surface area (Å²) in [4.78, 5) is 2.64. The molecule has 2 aromatic rings. The molecule has 0 saturated carbocycles. The molecule has 2 aliphatic rings. The fourth-order valence-electron chi connectivity index (χ4n) is 5.87. The number of hydrogen-bond acceptors (Lipinski definition) is 4. The molecule has 4 heteroatoms. The standard InChI is InChI=1S/C29H42N2O2/c1-20(2)28(30-17-22-8-9-24-15-27(33)11-10-23(24)14-22)19-31-13-12-29(4,21(3)18-31)25-6-5-7-26(32)16-25/h5-7,10-11,15-16,20-22,28,30,32-33H,8-9,12-14,17-19H2,1-4H3/t21-,22?,28+,29+/m0/s1. The highest BCUT2D eigenvalue weighted by molar-refractivity contribution is 5.37. The lowest BCUT2D eigenvalue weighted by molar-refractivity contribution is 0.0948. The largest absolute Gasteiger partial charge is 0.508 e. The molecule has 1 fully saturated rings. The highest BCUT2D eigenvalue weighted by atomic mass is 16.3. The fourth-order valence-corrected chi connectivity index (χ4v) is 5.87. The molecule has 0 bridgehead atoms. The number of fused-ring (bicyclic) bond motifs is 1. The summed E-state index contributed by atoms with van der Waals surface area (Å²) < 4.78 is 0. The molecule has 180 valence electrons. The number of phenols is 2. The van der Waals surface area contributed by atoms with Crippen LogP contribution in [0.2, 0.25) is 0 Å². The van der Waals surface area contributed by atoms with Crippen molar-refractivity contribution in [1.29, 1.82) is 0 Å². The molecular weight excluding hydrogens is 408 g/mol. The summed E-state index contributed by atoms with van der Waals surface area (Å²) in [5, 5.41) is 23.7. The van der Waals surface area contributed by atoms with Gasteiger partial charge in [0.15, 0.2) is 0 Å². The van der Waals surface area contributed by atoms with Crippen LogP contribution in [-0.2, 0) is 18.3 Å². The zero-order chi connectivity index (χ0) is 23.6. The zero-order valence-electron chi connectivity index (χ0n) is 20.8. The third kappa shape index (κ3) is 5.55. The molecule has 1 heterocycles. The molecule has 1 saturated heterocycles. The van der Waals surface area contributed by atoms with Gasteiger partial charge in [0.05, 0.1) is 0 Å². The second-order valence-corrected chi connectivity index (χ2v) is 11.2. The smallest absolute Gasteiger partial charge is 0.115 e. The topological polar surface area (TPSA) is 55.7 Å². The quantitative estimate of drug-likeness (QED) is 0.548. The molecule has 0 spiro atoms. The third-order valence-electron chi connectivity index (χ3n) is 8.52. The first-order chi connectivity index (χ1) is 15.7. The van der Waals surface area contributed by atoms with E-state index in [0.29, 0.717) is 35.3 Å². The van der Waals surface area contributed by atoms with Gasteiger partial charge in [0.2, 0.25) is 0 Å². The van der Waals surface area contributed by atoms with Crippen molar-refractivity contribution in [3.63, 3.8) is 0 Å². The summed E-state index contributed by atoms with van der Waals surface area (Å²) >= 11 is 0. The molecule has 4 atom stereocenters. The van der Waals surface area contributed by atoms with E-state index in [9.17, 15) is 10.2 Å². The van der Waals surface area contributed by atoms with Gasteiger partial charge in [0.25, 0.3) is 0 Å². The molecule has 1 unspecified atom stereocenters. The van der Waals surface area contributed by atoms with E-state index in [1.807, 2.05) is 24.3 Å². The van der Waals surface area contributed by atoms with Gasteiger partial charge in [-0.15, -0.1) is 0 Å². The van der Waals surface area contributed by atoms with E-state index in [-0.39, 0.29) is 5.41 Å². The minimum atomic E-state index is 0.111. The average Bonchev–Trinajstić information content (AvgIpc) is 2.78. The van der Waals surface area contributed by atoms with E-state index in [2.05, 4.69) is 50.0 Å². The van der Waals surface area contributed by atoms with Gasteiger partial charge in [-0.25, -0.2) is 0 Å². The number of likely N-dealkylation sites (tertiary alicyclic amines) is 1. The summed E-state index contributed by atoms with van der Waals surface area (Å²) in [6.07, 6.45) is 4.49. The lowest BCUT2D eigenvalue weighted by atomic mass is 9.68. The Labute approximate surface area is 200 Å². The molecule has 0 amide bonds. The maximum Gasteiger partial charge on any atom is 0.115 e. The number of phenolic OH excluding ortho intramolecular Hbond substituents is 2. The normalized spacial score (nSPS) is 26.8. The maximum absolute atomic E-state index is 9.98. The summed E-state index contributed by atoms with van der Waals surface area (Å²) in [6, 6.07) is 14.2. The lowest BCUT2D eigenvalue weighted by Gasteiger charge is -2.46. The Bertz CT molecular complexity index is 943. The number of hydrogen-bond donors (Lipinski definition) is 3. The van der Waals surface area contributed by atoms with Crippen LogP contribution in [0, 0.1) is 17.8 Å². The molecule has 4 rings (SSSR count). The molecule has 33 heavy (non-hydrogen) atoms. The van der Waals surface area contributed by atoms with E-state index >= 15 is 0 Å². The third-order valence-corrected chi connectivity index (χ3v) is 8.52. The summed E-state index contributed by atoms with van der Waals surface area (Å²) in [7, 11) is 0. The first-order valence-corrected chi connectivity index (χ1v) is 12.8. The van der Waals surface area contributed by atoms with E-state index in [1.165, 1.54) is 23.1 Å². The van der Waals surface area contributed by atoms with Crippen molar-refractivity contribution in [2.75, 3.05) is 26.2 Å². The number of aryl methyl sites for hydroxylation is 1. The second-order valence-electron chi connectivity index (χ2n) is 11.2. The van der Waals surface area contributed by atoms with Gasteiger partial charge >= 0.3 is 0 Å². The van der Waals surface area contributed by atoms with Crippen LogP contribution in [0.25, 0.3) is 0 Å². The number of piperidine rings is 1. The van der Waals surface area contributed by atoms with Crippen LogP contribution in [0.15, 0.2) is 42.5 Å². The second kappa shape index (κ2) is 10.1. The first-order valence-electron chi connectivity index (χ1n) is 12.8. The predicted molar refractivity (Wildman–Crippen MR) is 136 cm³/mol. The molecule has 1 aliphatic heterocycles. The van der Waals surface area contributed by atoms with E-state index in [1.54, 1.807) is 6.07 Å². The van der Waals surface area contributed by atoms with Gasteiger partial charge in [-0.1, -0.05) is 45.9 Å². The van der Waals surface area contributed by atoms with Gasteiger partial charge < -0.3 is 20.4 Å². The molecule has 2 aromatic carbocycles. The van der Waals surface area contributed by atoms with Crippen LogP contribution in [0.4, 0.5) is 0 Å². The zero-order valence-corrected chi connectivity index (χ0v) is 20.8. The van der Waals surface area contributed by atoms with Gasteiger partial charge in [0.1, 0.15) is 11.5 Å². The number of aromatic hydroxyl groups is 2. The van der Waals surface area contributed by atoms with Gasteiger partial charge in [-0.05, 0) is 103 Å².